The minimum absolute atomic E-state index is 0.0182. The Bertz CT molecular complexity index is 544. The summed E-state index contributed by atoms with van der Waals surface area (Å²) in [7, 11) is 0. The Kier molecular flexibility index (Phi) is 3.10. The van der Waals surface area contributed by atoms with E-state index in [1.807, 2.05) is 13.0 Å². The number of hydrogen-bond donors (Lipinski definition) is 0. The lowest BCUT2D eigenvalue weighted by Crippen LogP contribution is -2.23. The summed E-state index contributed by atoms with van der Waals surface area (Å²) < 4.78 is 3.28. The molecule has 0 aliphatic carbocycles. The topological polar surface area (TPSA) is 39.8 Å². The molecule has 0 bridgehead atoms. The molecule has 0 saturated heterocycles. The van der Waals surface area contributed by atoms with Gasteiger partial charge in [-0.2, -0.15) is 0 Å². The van der Waals surface area contributed by atoms with E-state index in [-0.39, 0.29) is 5.69 Å². The van der Waals surface area contributed by atoms with Crippen LogP contribution >= 0.6 is 11.6 Å². The fourth-order valence-electron chi connectivity index (χ4n) is 1.53. The first-order valence-electron chi connectivity index (χ1n) is 5.06. The van der Waals surface area contributed by atoms with Crippen LogP contribution in [-0.2, 0) is 13.1 Å². The van der Waals surface area contributed by atoms with E-state index in [2.05, 4.69) is 4.98 Å². The Morgan fingerprint density at radius 3 is 2.75 bits per heavy atom. The van der Waals surface area contributed by atoms with Gasteiger partial charge in [0.05, 0.1) is 11.6 Å². The number of imidazole rings is 1. The number of aryl methyl sites for hydroxylation is 1. The molecule has 0 radical (unpaired) electrons. The normalized spacial score (nSPS) is 10.6. The average Bonchev–Trinajstić information content (AvgIpc) is 2.63. The smallest absolute Gasteiger partial charge is 0.300 e. The number of aromatic nitrogens is 3. The quantitative estimate of drug-likeness (QED) is 0.816. The van der Waals surface area contributed by atoms with Crippen molar-refractivity contribution in [2.75, 3.05) is 0 Å². The third-order valence-electron chi connectivity index (χ3n) is 2.46. The van der Waals surface area contributed by atoms with Crippen molar-refractivity contribution in [1.82, 2.24) is 14.1 Å². The van der Waals surface area contributed by atoms with Crippen LogP contribution < -0.4 is 5.69 Å². The lowest BCUT2D eigenvalue weighted by atomic mass is 10.3. The van der Waals surface area contributed by atoms with Crippen LogP contribution in [0.2, 0.25) is 5.02 Å². The van der Waals surface area contributed by atoms with Gasteiger partial charge in [-0.05, 0) is 18.6 Å². The number of hydrogen-bond acceptors (Lipinski definition) is 2. The van der Waals surface area contributed by atoms with Gasteiger partial charge in [-0.15, -0.1) is 0 Å². The molecule has 0 saturated carbocycles. The molecule has 84 valence electrons. The summed E-state index contributed by atoms with van der Waals surface area (Å²) in [6, 6.07) is 1.82. The van der Waals surface area contributed by atoms with Crippen molar-refractivity contribution in [1.29, 1.82) is 0 Å². The molecule has 5 heteroatoms. The van der Waals surface area contributed by atoms with E-state index in [0.717, 1.165) is 5.56 Å². The van der Waals surface area contributed by atoms with Crippen LogP contribution in [0, 0.1) is 0 Å². The maximum absolute atomic E-state index is 11.8. The van der Waals surface area contributed by atoms with E-state index in [4.69, 9.17) is 11.6 Å². The second-order valence-electron chi connectivity index (χ2n) is 3.46. The van der Waals surface area contributed by atoms with E-state index >= 15 is 0 Å². The Hall–Kier alpha value is -1.55. The lowest BCUT2D eigenvalue weighted by Gasteiger charge is -2.03. The first-order chi connectivity index (χ1) is 7.72. The molecule has 2 aromatic heterocycles. The Balaban J connectivity index is 2.31. The third kappa shape index (κ3) is 2.02. The molecule has 0 fully saturated rings. The van der Waals surface area contributed by atoms with Crippen molar-refractivity contribution in [3.63, 3.8) is 0 Å². The van der Waals surface area contributed by atoms with Gasteiger partial charge in [0.15, 0.2) is 0 Å². The minimum Gasteiger partial charge on any atom is -0.300 e. The number of rotatable bonds is 3. The summed E-state index contributed by atoms with van der Waals surface area (Å²) in [4.78, 5) is 15.7. The summed E-state index contributed by atoms with van der Waals surface area (Å²) in [5, 5.41) is 0.582. The second kappa shape index (κ2) is 4.53. The first-order valence-corrected chi connectivity index (χ1v) is 5.44. The molecule has 0 atom stereocenters. The zero-order valence-electron chi connectivity index (χ0n) is 8.93. The van der Waals surface area contributed by atoms with Crippen molar-refractivity contribution < 1.29 is 0 Å². The van der Waals surface area contributed by atoms with Crippen molar-refractivity contribution in [2.24, 2.45) is 0 Å². The van der Waals surface area contributed by atoms with Crippen LogP contribution in [0.4, 0.5) is 0 Å². The highest BCUT2D eigenvalue weighted by Crippen LogP contribution is 2.13. The molecular formula is C11H12ClN3O. The number of nitrogens with zero attached hydrogens (tertiary/aromatic N) is 3. The predicted octanol–water partition coefficient (Wildman–Crippen LogP) is 1.77. The Labute approximate surface area is 98.1 Å². The molecular weight excluding hydrogens is 226 g/mol. The fourth-order valence-corrected chi connectivity index (χ4v) is 1.71. The lowest BCUT2D eigenvalue weighted by molar-refractivity contribution is 0.668. The zero-order chi connectivity index (χ0) is 11.5. The van der Waals surface area contributed by atoms with Gasteiger partial charge in [-0.3, -0.25) is 14.1 Å². The van der Waals surface area contributed by atoms with E-state index in [9.17, 15) is 4.79 Å². The predicted molar refractivity (Wildman–Crippen MR) is 62.7 cm³/mol. The number of pyridine rings is 1. The van der Waals surface area contributed by atoms with Gasteiger partial charge in [-0.25, -0.2) is 4.79 Å². The molecule has 2 rings (SSSR count). The van der Waals surface area contributed by atoms with E-state index in [1.54, 1.807) is 33.9 Å². The highest BCUT2D eigenvalue weighted by atomic mass is 35.5. The van der Waals surface area contributed by atoms with Crippen LogP contribution in [0.1, 0.15) is 12.5 Å². The highest BCUT2D eigenvalue weighted by molar-refractivity contribution is 6.31. The van der Waals surface area contributed by atoms with E-state index < -0.39 is 0 Å². The van der Waals surface area contributed by atoms with Crippen LogP contribution in [0.3, 0.4) is 0 Å². The maximum Gasteiger partial charge on any atom is 0.328 e. The molecule has 2 heterocycles. The highest BCUT2D eigenvalue weighted by Gasteiger charge is 2.04. The van der Waals surface area contributed by atoms with Gasteiger partial charge >= 0.3 is 5.69 Å². The summed E-state index contributed by atoms with van der Waals surface area (Å²) in [6.45, 7) is 3.09. The fraction of sp³-hybridized carbons (Fsp3) is 0.273. The second-order valence-corrected chi connectivity index (χ2v) is 3.87. The van der Waals surface area contributed by atoms with Crippen LogP contribution in [0.5, 0.6) is 0 Å². The standard InChI is InChI=1S/C11H12ClN3O/c1-2-14-5-6-15(11(14)16)8-9-3-4-13-7-10(9)12/h3-7H,2,8H2,1H3. The largest absolute Gasteiger partial charge is 0.328 e. The van der Waals surface area contributed by atoms with Gasteiger partial charge < -0.3 is 0 Å². The molecule has 4 nitrogen and oxygen atoms in total. The van der Waals surface area contributed by atoms with Gasteiger partial charge in [0.1, 0.15) is 0 Å². The molecule has 0 spiro atoms. The van der Waals surface area contributed by atoms with Crippen molar-refractivity contribution >= 4 is 11.6 Å². The Morgan fingerprint density at radius 2 is 2.12 bits per heavy atom. The monoisotopic (exact) mass is 237 g/mol. The van der Waals surface area contributed by atoms with Gasteiger partial charge in [0.25, 0.3) is 0 Å². The third-order valence-corrected chi connectivity index (χ3v) is 2.80. The molecule has 0 aliphatic heterocycles. The van der Waals surface area contributed by atoms with Gasteiger partial charge in [0, 0.05) is 31.3 Å². The summed E-state index contributed by atoms with van der Waals surface area (Å²) in [5.74, 6) is 0. The minimum atomic E-state index is -0.0182. The van der Waals surface area contributed by atoms with Gasteiger partial charge in [-0.1, -0.05) is 11.6 Å². The molecule has 0 unspecified atom stereocenters. The van der Waals surface area contributed by atoms with Gasteiger partial charge in [0.2, 0.25) is 0 Å². The molecule has 2 aromatic rings. The first kappa shape index (κ1) is 11.0. The molecule has 0 aromatic carbocycles. The summed E-state index contributed by atoms with van der Waals surface area (Å²) >= 11 is 5.98. The molecule has 0 aliphatic rings. The van der Waals surface area contributed by atoms with Crippen LogP contribution in [0.25, 0.3) is 0 Å². The summed E-state index contributed by atoms with van der Waals surface area (Å²) in [5.41, 5.74) is 0.878. The maximum atomic E-state index is 11.8. The van der Waals surface area contributed by atoms with E-state index in [1.165, 1.54) is 0 Å². The zero-order valence-corrected chi connectivity index (χ0v) is 9.68. The van der Waals surface area contributed by atoms with Crippen LogP contribution in [0.15, 0.2) is 35.6 Å². The molecule has 0 N–H and O–H groups in total. The summed E-state index contributed by atoms with van der Waals surface area (Å²) in [6.07, 6.45) is 6.79. The number of halogens is 1. The Morgan fingerprint density at radius 1 is 1.38 bits per heavy atom. The van der Waals surface area contributed by atoms with Crippen molar-refractivity contribution in [2.45, 2.75) is 20.0 Å². The van der Waals surface area contributed by atoms with Crippen molar-refractivity contribution in [3.8, 4) is 0 Å². The average molecular weight is 238 g/mol. The van der Waals surface area contributed by atoms with Crippen molar-refractivity contribution in [3.05, 3.63) is 51.9 Å². The van der Waals surface area contributed by atoms with E-state index in [0.29, 0.717) is 18.1 Å². The molecule has 0 amide bonds. The SMILES string of the molecule is CCn1ccn(Cc2ccncc2Cl)c1=O. The molecule has 16 heavy (non-hydrogen) atoms. The van der Waals surface area contributed by atoms with Crippen LogP contribution in [-0.4, -0.2) is 14.1 Å².